The Hall–Kier alpha value is -4.58. The molecule has 4 aromatic rings. The van der Waals surface area contributed by atoms with E-state index in [4.69, 9.17) is 4.74 Å². The summed E-state index contributed by atoms with van der Waals surface area (Å²) in [7, 11) is 1.55. The third-order valence-corrected chi connectivity index (χ3v) is 6.14. The minimum Gasteiger partial charge on any atom is -0.508 e. The fourth-order valence-electron chi connectivity index (χ4n) is 4.36. The lowest BCUT2D eigenvalue weighted by Gasteiger charge is -2.22. The third-order valence-electron chi connectivity index (χ3n) is 6.14. The van der Waals surface area contributed by atoms with Gasteiger partial charge in [0, 0.05) is 23.6 Å². The fraction of sp³-hybridized carbons (Fsp3) is 0.133. The van der Waals surface area contributed by atoms with Gasteiger partial charge in [-0.15, -0.1) is 0 Å². The normalized spacial score (nSPS) is 12.0. The molecule has 0 radical (unpaired) electrons. The van der Waals surface area contributed by atoms with E-state index in [0.717, 1.165) is 16.7 Å². The van der Waals surface area contributed by atoms with Crippen LogP contribution in [0.2, 0.25) is 0 Å². The highest BCUT2D eigenvalue weighted by atomic mass is 16.5. The summed E-state index contributed by atoms with van der Waals surface area (Å²) in [4.78, 5) is 0. The van der Waals surface area contributed by atoms with Crippen LogP contribution in [0.1, 0.15) is 40.2 Å². The van der Waals surface area contributed by atoms with Gasteiger partial charge < -0.3 is 30.3 Å². The molecule has 36 heavy (non-hydrogen) atoms. The number of aromatic hydroxyl groups is 5. The Morgan fingerprint density at radius 3 is 2.00 bits per heavy atom. The minimum atomic E-state index is -0.288. The van der Waals surface area contributed by atoms with Crippen molar-refractivity contribution in [3.63, 3.8) is 0 Å². The van der Waals surface area contributed by atoms with Crippen LogP contribution >= 0.6 is 0 Å². The van der Waals surface area contributed by atoms with E-state index in [-0.39, 0.29) is 34.7 Å². The van der Waals surface area contributed by atoms with E-state index in [1.54, 1.807) is 61.7 Å². The maximum absolute atomic E-state index is 11.0. The van der Waals surface area contributed by atoms with Gasteiger partial charge in [-0.3, -0.25) is 0 Å². The van der Waals surface area contributed by atoms with Gasteiger partial charge in [0.2, 0.25) is 0 Å². The molecule has 4 aromatic carbocycles. The van der Waals surface area contributed by atoms with E-state index in [2.05, 4.69) is 0 Å². The lowest BCUT2D eigenvalue weighted by molar-refractivity contribution is 0.401. The fourth-order valence-corrected chi connectivity index (χ4v) is 4.36. The highest BCUT2D eigenvalue weighted by Crippen LogP contribution is 2.41. The van der Waals surface area contributed by atoms with E-state index in [9.17, 15) is 25.5 Å². The molecule has 184 valence electrons. The number of hydrogen-bond acceptors (Lipinski definition) is 6. The number of aryl methyl sites for hydroxylation is 1. The summed E-state index contributed by atoms with van der Waals surface area (Å²) < 4.78 is 5.44. The molecule has 4 rings (SSSR count). The van der Waals surface area contributed by atoms with Crippen LogP contribution in [-0.4, -0.2) is 32.6 Å². The van der Waals surface area contributed by atoms with Gasteiger partial charge in [0.15, 0.2) is 0 Å². The van der Waals surface area contributed by atoms with Crippen molar-refractivity contribution in [2.45, 2.75) is 18.8 Å². The quantitative estimate of drug-likeness (QED) is 0.192. The molecule has 6 heteroatoms. The predicted octanol–water partition coefficient (Wildman–Crippen LogP) is 6.16. The minimum absolute atomic E-state index is 0.0453. The first kappa shape index (κ1) is 24.5. The highest BCUT2D eigenvalue weighted by Gasteiger charge is 2.22. The summed E-state index contributed by atoms with van der Waals surface area (Å²) in [6.45, 7) is 0. The summed E-state index contributed by atoms with van der Waals surface area (Å²) in [6.07, 6.45) is 4.81. The number of benzene rings is 4. The summed E-state index contributed by atoms with van der Waals surface area (Å²) in [5, 5.41) is 50.4. The van der Waals surface area contributed by atoms with Crippen molar-refractivity contribution in [1.29, 1.82) is 0 Å². The Labute approximate surface area is 209 Å². The zero-order valence-electron chi connectivity index (χ0n) is 19.8. The number of phenolic OH excluding ortho intramolecular Hbond substituents is 5. The van der Waals surface area contributed by atoms with Crippen LogP contribution in [-0.2, 0) is 6.42 Å². The number of ether oxygens (including phenoxy) is 1. The van der Waals surface area contributed by atoms with Crippen LogP contribution in [0.5, 0.6) is 34.5 Å². The second kappa shape index (κ2) is 10.8. The molecule has 0 heterocycles. The number of hydrogen-bond donors (Lipinski definition) is 5. The molecule has 5 N–H and O–H groups in total. The first-order valence-electron chi connectivity index (χ1n) is 11.5. The first-order chi connectivity index (χ1) is 17.3. The predicted molar refractivity (Wildman–Crippen MR) is 140 cm³/mol. The van der Waals surface area contributed by atoms with Crippen molar-refractivity contribution >= 4 is 12.2 Å². The molecular formula is C30H28O6. The summed E-state index contributed by atoms with van der Waals surface area (Å²) in [6, 6.07) is 21.4. The number of methoxy groups -OCH3 is 1. The summed E-state index contributed by atoms with van der Waals surface area (Å²) in [5.74, 6) is 0.594. The SMILES string of the molecule is COc1cc(O)ccc1CCC(c1ccc(O)cc1)c1c(O)cc(O)cc1/C=C/c1ccc(O)cc1. The topological polar surface area (TPSA) is 110 Å². The highest BCUT2D eigenvalue weighted by molar-refractivity contribution is 5.74. The van der Waals surface area contributed by atoms with E-state index in [1.807, 2.05) is 30.4 Å². The van der Waals surface area contributed by atoms with Gasteiger partial charge in [0.05, 0.1) is 7.11 Å². The molecule has 0 aliphatic heterocycles. The van der Waals surface area contributed by atoms with Gasteiger partial charge in [0.25, 0.3) is 0 Å². The molecule has 1 unspecified atom stereocenters. The van der Waals surface area contributed by atoms with Crippen molar-refractivity contribution in [3.05, 3.63) is 107 Å². The van der Waals surface area contributed by atoms with E-state index < -0.39 is 0 Å². The molecule has 0 spiro atoms. The second-order valence-electron chi connectivity index (χ2n) is 8.57. The smallest absolute Gasteiger partial charge is 0.125 e. The maximum atomic E-state index is 11.0. The molecule has 0 aliphatic rings. The van der Waals surface area contributed by atoms with Crippen LogP contribution in [0.4, 0.5) is 0 Å². The average Bonchev–Trinajstić information content (AvgIpc) is 2.86. The zero-order chi connectivity index (χ0) is 25.7. The van der Waals surface area contributed by atoms with Crippen molar-refractivity contribution < 1.29 is 30.3 Å². The Kier molecular flexibility index (Phi) is 7.35. The van der Waals surface area contributed by atoms with Crippen LogP contribution < -0.4 is 4.74 Å². The van der Waals surface area contributed by atoms with Gasteiger partial charge in [-0.1, -0.05) is 42.5 Å². The molecule has 0 fully saturated rings. The number of phenols is 5. The van der Waals surface area contributed by atoms with Crippen LogP contribution in [0, 0.1) is 0 Å². The third kappa shape index (κ3) is 5.73. The first-order valence-corrected chi connectivity index (χ1v) is 11.5. The Balaban J connectivity index is 1.77. The van der Waals surface area contributed by atoms with Gasteiger partial charge in [0.1, 0.15) is 34.5 Å². The summed E-state index contributed by atoms with van der Waals surface area (Å²) >= 11 is 0. The maximum Gasteiger partial charge on any atom is 0.125 e. The van der Waals surface area contributed by atoms with Crippen molar-refractivity contribution in [2.75, 3.05) is 7.11 Å². The van der Waals surface area contributed by atoms with E-state index >= 15 is 0 Å². The molecule has 0 aliphatic carbocycles. The molecule has 1 atom stereocenters. The standard InChI is InChI=1S/C30H28O6/c1-36-29-18-25(33)14-8-21(29)9-15-27(20-6-12-24(32)13-7-20)30-22(16-26(34)17-28(30)35)5-2-19-3-10-23(31)11-4-19/h2-8,10-14,16-18,27,31-35H,9,15H2,1H3/b5-2+. The number of rotatable bonds is 8. The molecule has 6 nitrogen and oxygen atoms in total. The molecule has 0 bridgehead atoms. The zero-order valence-corrected chi connectivity index (χ0v) is 19.8. The molecule has 0 saturated carbocycles. The van der Waals surface area contributed by atoms with Crippen LogP contribution in [0.25, 0.3) is 12.2 Å². The molecular weight excluding hydrogens is 456 g/mol. The summed E-state index contributed by atoms with van der Waals surface area (Å²) in [5.41, 5.74) is 3.89. The van der Waals surface area contributed by atoms with Crippen molar-refractivity contribution in [3.8, 4) is 34.5 Å². The molecule has 0 amide bonds. The average molecular weight is 485 g/mol. The monoisotopic (exact) mass is 484 g/mol. The Morgan fingerprint density at radius 1 is 0.694 bits per heavy atom. The molecule has 0 aromatic heterocycles. The lowest BCUT2D eigenvalue weighted by atomic mass is 9.83. The Morgan fingerprint density at radius 2 is 1.33 bits per heavy atom. The van der Waals surface area contributed by atoms with Crippen molar-refractivity contribution in [1.82, 2.24) is 0 Å². The van der Waals surface area contributed by atoms with E-state index in [1.165, 1.54) is 6.07 Å². The van der Waals surface area contributed by atoms with Gasteiger partial charge in [-0.05, 0) is 71.5 Å². The Bertz CT molecular complexity index is 1360. The lowest BCUT2D eigenvalue weighted by Crippen LogP contribution is -2.06. The van der Waals surface area contributed by atoms with Crippen molar-refractivity contribution in [2.24, 2.45) is 0 Å². The van der Waals surface area contributed by atoms with Gasteiger partial charge in [-0.25, -0.2) is 0 Å². The van der Waals surface area contributed by atoms with E-state index in [0.29, 0.717) is 29.7 Å². The second-order valence-corrected chi connectivity index (χ2v) is 8.57. The van der Waals surface area contributed by atoms with Gasteiger partial charge >= 0.3 is 0 Å². The largest absolute Gasteiger partial charge is 0.508 e. The van der Waals surface area contributed by atoms with Gasteiger partial charge in [-0.2, -0.15) is 0 Å². The van der Waals surface area contributed by atoms with Crippen LogP contribution in [0.15, 0.2) is 78.9 Å². The van der Waals surface area contributed by atoms with Crippen LogP contribution in [0.3, 0.4) is 0 Å². The molecule has 0 saturated heterocycles.